The first kappa shape index (κ1) is 20.3. The molecular weight excluding hydrogens is 398 g/mol. The quantitative estimate of drug-likeness (QED) is 0.498. The van der Waals surface area contributed by atoms with Crippen molar-refractivity contribution in [3.05, 3.63) is 113 Å². The van der Waals surface area contributed by atoms with Crippen molar-refractivity contribution in [2.24, 2.45) is 5.92 Å². The van der Waals surface area contributed by atoms with E-state index in [1.165, 1.54) is 0 Å². The van der Waals surface area contributed by atoms with Crippen LogP contribution in [0.1, 0.15) is 21.5 Å². The summed E-state index contributed by atoms with van der Waals surface area (Å²) in [7, 11) is 1.66. The van der Waals surface area contributed by atoms with Crippen LogP contribution in [0.15, 0.2) is 96.6 Å². The molecule has 0 bridgehead atoms. The zero-order valence-electron chi connectivity index (χ0n) is 18.1. The number of anilines is 1. The van der Waals surface area contributed by atoms with Crippen molar-refractivity contribution in [1.82, 2.24) is 0 Å². The van der Waals surface area contributed by atoms with Crippen molar-refractivity contribution in [3.8, 4) is 5.75 Å². The predicted molar refractivity (Wildman–Crippen MR) is 127 cm³/mol. The number of aryl methyl sites for hydroxylation is 1. The van der Waals surface area contributed by atoms with E-state index in [9.17, 15) is 4.79 Å². The lowest BCUT2D eigenvalue weighted by Gasteiger charge is -2.26. The Bertz CT molecular complexity index is 1160. The van der Waals surface area contributed by atoms with Gasteiger partial charge < -0.3 is 4.74 Å². The van der Waals surface area contributed by atoms with E-state index in [0.717, 1.165) is 28.1 Å². The van der Waals surface area contributed by atoms with Crippen molar-refractivity contribution in [2.45, 2.75) is 19.1 Å². The normalized spacial score (nSPS) is 22.9. The summed E-state index contributed by atoms with van der Waals surface area (Å²) in [5.74, 6) is 0.788. The Hall–Kier alpha value is -3.63. The Kier molecular flexibility index (Phi) is 5.38. The highest BCUT2D eigenvalue weighted by molar-refractivity contribution is 6.03. The number of methoxy groups -OCH3 is 1. The molecule has 4 heteroatoms. The molecule has 32 heavy (non-hydrogen) atoms. The summed E-state index contributed by atoms with van der Waals surface area (Å²) in [4.78, 5) is 20.1. The molecule has 0 unspecified atom stereocenters. The number of benzene rings is 3. The fraction of sp³-hybridized carbons (Fsp3) is 0.179. The summed E-state index contributed by atoms with van der Waals surface area (Å²) in [6.45, 7) is 2.02. The lowest BCUT2D eigenvalue weighted by atomic mass is 9.86. The van der Waals surface area contributed by atoms with Gasteiger partial charge in [-0.1, -0.05) is 78.4 Å². The second-order valence-corrected chi connectivity index (χ2v) is 8.21. The van der Waals surface area contributed by atoms with E-state index in [-0.39, 0.29) is 17.8 Å². The number of hydrogen-bond donors (Lipinski definition) is 0. The van der Waals surface area contributed by atoms with E-state index < -0.39 is 6.04 Å². The number of carbonyl (C=O) groups excluding carboxylic acids is 1. The van der Waals surface area contributed by atoms with Crippen molar-refractivity contribution in [1.29, 1.82) is 0 Å². The Morgan fingerprint density at radius 3 is 2.38 bits per heavy atom. The number of Topliss-reactive ketones (excluding diaryl/α,β-unsaturated/α-hetero) is 1. The van der Waals surface area contributed by atoms with Crippen LogP contribution in [0.2, 0.25) is 0 Å². The first-order valence-electron chi connectivity index (χ1n) is 10.8. The maximum atomic E-state index is 13.8. The fourth-order valence-electron chi connectivity index (χ4n) is 4.42. The molecule has 1 saturated heterocycles. The van der Waals surface area contributed by atoms with E-state index in [0.29, 0.717) is 5.56 Å². The molecule has 5 rings (SSSR count). The minimum Gasteiger partial charge on any atom is -0.497 e. The molecule has 4 nitrogen and oxygen atoms in total. The molecule has 1 fully saturated rings. The molecular formula is C28H25NO3. The number of carbonyl (C=O) groups is 1. The van der Waals surface area contributed by atoms with Crippen LogP contribution in [0.3, 0.4) is 0 Å². The van der Waals surface area contributed by atoms with Crippen LogP contribution in [0, 0.1) is 12.8 Å². The molecule has 2 aliphatic rings. The summed E-state index contributed by atoms with van der Waals surface area (Å²) in [5.41, 5.74) is 4.85. The fourth-order valence-corrected chi connectivity index (χ4v) is 4.42. The monoisotopic (exact) mass is 423 g/mol. The third kappa shape index (κ3) is 3.74. The number of rotatable bonds is 5. The van der Waals surface area contributed by atoms with Crippen molar-refractivity contribution < 1.29 is 14.4 Å². The van der Waals surface area contributed by atoms with E-state index in [2.05, 4.69) is 18.2 Å². The SMILES string of the molecule is COc1ccc(C=C2C=C[C@H]3ON(c4ccccc4)[C@H](C(=O)c4ccc(C)cc4)[C@@H]23)cc1. The summed E-state index contributed by atoms with van der Waals surface area (Å²) >= 11 is 0. The summed E-state index contributed by atoms with van der Waals surface area (Å²) < 4.78 is 5.27. The lowest BCUT2D eigenvalue weighted by Crippen LogP contribution is -2.40. The molecule has 0 amide bonds. The standard InChI is InChI=1S/C28H25NO3/c1-19-8-12-21(13-9-19)28(30)27-26-22(18-20-10-15-24(31-2)16-11-20)14-17-25(26)32-29(27)23-6-4-3-5-7-23/h3-18,25-27H,1-2H3/t25-,26+,27+/m1/s1. The molecule has 160 valence electrons. The average molecular weight is 424 g/mol. The van der Waals surface area contributed by atoms with Gasteiger partial charge in [0.25, 0.3) is 0 Å². The largest absolute Gasteiger partial charge is 0.497 e. The topological polar surface area (TPSA) is 38.8 Å². The summed E-state index contributed by atoms with van der Waals surface area (Å²) in [6, 6.07) is 25.1. The van der Waals surface area contributed by atoms with Gasteiger partial charge in [0.2, 0.25) is 0 Å². The van der Waals surface area contributed by atoms with Crippen LogP contribution in [-0.2, 0) is 4.84 Å². The van der Waals surface area contributed by atoms with Gasteiger partial charge in [-0.3, -0.25) is 9.63 Å². The van der Waals surface area contributed by atoms with Crippen molar-refractivity contribution in [3.63, 3.8) is 0 Å². The van der Waals surface area contributed by atoms with Gasteiger partial charge in [0.05, 0.1) is 12.8 Å². The Labute approximate surface area is 188 Å². The predicted octanol–water partition coefficient (Wildman–Crippen LogP) is 5.64. The van der Waals surface area contributed by atoms with Gasteiger partial charge in [0.15, 0.2) is 5.78 Å². The molecule has 3 aromatic carbocycles. The molecule has 1 aliphatic carbocycles. The van der Waals surface area contributed by atoms with Crippen molar-refractivity contribution >= 4 is 17.5 Å². The zero-order chi connectivity index (χ0) is 22.1. The Morgan fingerprint density at radius 1 is 0.969 bits per heavy atom. The lowest BCUT2D eigenvalue weighted by molar-refractivity contribution is 0.0885. The first-order chi connectivity index (χ1) is 15.6. The number of hydroxylamine groups is 1. The van der Waals surface area contributed by atoms with E-state index >= 15 is 0 Å². The summed E-state index contributed by atoms with van der Waals surface area (Å²) in [6.07, 6.45) is 6.09. The van der Waals surface area contributed by atoms with Gasteiger partial charge in [-0.2, -0.15) is 0 Å². The summed E-state index contributed by atoms with van der Waals surface area (Å²) in [5, 5.41) is 1.79. The highest BCUT2D eigenvalue weighted by atomic mass is 16.7. The Balaban J connectivity index is 1.54. The van der Waals surface area contributed by atoms with Crippen molar-refractivity contribution in [2.75, 3.05) is 12.2 Å². The van der Waals surface area contributed by atoms with Crippen LogP contribution >= 0.6 is 0 Å². The highest BCUT2D eigenvalue weighted by Gasteiger charge is 2.50. The van der Waals surface area contributed by atoms with Gasteiger partial charge in [-0.05, 0) is 42.3 Å². The number of allylic oxidation sites excluding steroid dienone is 1. The van der Waals surface area contributed by atoms with Crippen LogP contribution in [0.4, 0.5) is 5.69 Å². The number of nitrogens with zero attached hydrogens (tertiary/aromatic N) is 1. The first-order valence-corrected chi connectivity index (χ1v) is 10.8. The van der Waals surface area contributed by atoms with E-state index in [1.807, 2.05) is 85.8 Å². The van der Waals surface area contributed by atoms with E-state index in [4.69, 9.17) is 9.57 Å². The molecule has 0 spiro atoms. The second-order valence-electron chi connectivity index (χ2n) is 8.21. The van der Waals surface area contributed by atoms with Gasteiger partial charge in [0, 0.05) is 11.5 Å². The van der Waals surface area contributed by atoms with E-state index in [1.54, 1.807) is 12.2 Å². The molecule has 0 saturated carbocycles. The molecule has 1 aliphatic heterocycles. The molecule has 3 aromatic rings. The number of para-hydroxylation sites is 1. The van der Waals surface area contributed by atoms with Crippen LogP contribution < -0.4 is 9.80 Å². The van der Waals surface area contributed by atoms with Crippen LogP contribution in [-0.4, -0.2) is 25.0 Å². The van der Waals surface area contributed by atoms with Gasteiger partial charge in [-0.25, -0.2) is 5.06 Å². The van der Waals surface area contributed by atoms with Crippen LogP contribution in [0.5, 0.6) is 5.75 Å². The molecule has 1 heterocycles. The number of hydrogen-bond acceptors (Lipinski definition) is 4. The molecule has 0 aromatic heterocycles. The van der Waals surface area contributed by atoms with Gasteiger partial charge in [0.1, 0.15) is 17.9 Å². The second kappa shape index (κ2) is 8.48. The third-order valence-electron chi connectivity index (χ3n) is 6.11. The molecule has 0 radical (unpaired) electrons. The number of ether oxygens (including phenoxy) is 1. The minimum atomic E-state index is -0.454. The number of ketones is 1. The van der Waals surface area contributed by atoms with Gasteiger partial charge >= 0.3 is 0 Å². The average Bonchev–Trinajstić information content (AvgIpc) is 3.40. The Morgan fingerprint density at radius 2 is 1.69 bits per heavy atom. The molecule has 3 atom stereocenters. The number of fused-ring (bicyclic) bond motifs is 1. The highest BCUT2D eigenvalue weighted by Crippen LogP contribution is 2.43. The van der Waals surface area contributed by atoms with Gasteiger partial charge in [-0.15, -0.1) is 0 Å². The zero-order valence-corrected chi connectivity index (χ0v) is 18.1. The maximum Gasteiger partial charge on any atom is 0.188 e. The minimum absolute atomic E-state index is 0.0608. The molecule has 0 N–H and O–H groups in total. The maximum absolute atomic E-state index is 13.8. The third-order valence-corrected chi connectivity index (χ3v) is 6.11. The smallest absolute Gasteiger partial charge is 0.188 e. The van der Waals surface area contributed by atoms with Crippen LogP contribution in [0.25, 0.3) is 6.08 Å².